The first-order valence-corrected chi connectivity index (χ1v) is 8.04. The van der Waals surface area contributed by atoms with Gasteiger partial charge in [0.25, 0.3) is 0 Å². The first-order valence-electron chi connectivity index (χ1n) is 6.88. The van der Waals surface area contributed by atoms with Gasteiger partial charge in [-0.3, -0.25) is 4.79 Å². The van der Waals surface area contributed by atoms with E-state index in [0.717, 1.165) is 31.3 Å². The predicted molar refractivity (Wildman–Crippen MR) is 73.3 cm³/mol. The number of rotatable bonds is 4. The molecule has 3 nitrogen and oxygen atoms in total. The Morgan fingerprint density at radius 1 is 1.53 bits per heavy atom. The molecule has 0 aromatic carbocycles. The van der Waals surface area contributed by atoms with Crippen molar-refractivity contribution in [1.82, 2.24) is 10.2 Å². The summed E-state index contributed by atoms with van der Waals surface area (Å²) in [5, 5.41) is 3.44. The van der Waals surface area contributed by atoms with Gasteiger partial charge in [-0.25, -0.2) is 0 Å². The summed E-state index contributed by atoms with van der Waals surface area (Å²) < 4.78 is 0. The smallest absolute Gasteiger partial charge is 0.224 e. The third kappa shape index (κ3) is 3.88. The number of hydrogen-bond donors (Lipinski definition) is 1. The third-order valence-electron chi connectivity index (χ3n) is 3.75. The van der Waals surface area contributed by atoms with Gasteiger partial charge in [0.15, 0.2) is 0 Å². The molecule has 4 heteroatoms. The van der Waals surface area contributed by atoms with Crippen LogP contribution in [-0.2, 0) is 4.79 Å². The van der Waals surface area contributed by atoms with Crippen LogP contribution in [0.15, 0.2) is 0 Å². The highest BCUT2D eigenvalue weighted by Gasteiger charge is 2.27. The number of amides is 1. The van der Waals surface area contributed by atoms with E-state index in [0.29, 0.717) is 18.4 Å². The van der Waals surface area contributed by atoms with Crippen LogP contribution < -0.4 is 5.32 Å². The Kier molecular flexibility index (Phi) is 5.16. The van der Waals surface area contributed by atoms with Gasteiger partial charge in [-0.2, -0.15) is 11.8 Å². The molecule has 2 saturated heterocycles. The lowest BCUT2D eigenvalue weighted by Gasteiger charge is -2.25. The molecule has 1 amide bonds. The number of carbonyl (C=O) groups excluding carboxylic acids is 1. The van der Waals surface area contributed by atoms with Crippen LogP contribution in [0.4, 0.5) is 0 Å². The molecule has 2 unspecified atom stereocenters. The highest BCUT2D eigenvalue weighted by atomic mass is 32.2. The molecule has 98 valence electrons. The lowest BCUT2D eigenvalue weighted by Crippen LogP contribution is -2.42. The van der Waals surface area contributed by atoms with Gasteiger partial charge in [0, 0.05) is 43.6 Å². The average molecular weight is 256 g/mol. The van der Waals surface area contributed by atoms with E-state index < -0.39 is 0 Å². The van der Waals surface area contributed by atoms with Gasteiger partial charge >= 0.3 is 0 Å². The standard InChI is InChI=1S/C13H24N2OS/c1-2-3-11-4-6-15(9-11)13(16)8-12-10-17-7-5-14-12/h11-12,14H,2-10H2,1H3. The average Bonchev–Trinajstić information content (AvgIpc) is 2.79. The van der Waals surface area contributed by atoms with Gasteiger partial charge in [-0.05, 0) is 18.8 Å². The molecule has 0 aliphatic carbocycles. The fourth-order valence-electron chi connectivity index (χ4n) is 2.79. The summed E-state index contributed by atoms with van der Waals surface area (Å²) in [6.45, 7) is 5.28. The van der Waals surface area contributed by atoms with E-state index in [2.05, 4.69) is 17.1 Å². The fourth-order valence-corrected chi connectivity index (χ4v) is 3.74. The van der Waals surface area contributed by atoms with Crippen molar-refractivity contribution in [2.75, 3.05) is 31.1 Å². The Hall–Kier alpha value is -0.220. The van der Waals surface area contributed by atoms with Crippen molar-refractivity contribution in [2.45, 2.75) is 38.6 Å². The summed E-state index contributed by atoms with van der Waals surface area (Å²) in [5.74, 6) is 3.41. The molecule has 0 saturated carbocycles. The number of hydrogen-bond acceptors (Lipinski definition) is 3. The maximum atomic E-state index is 12.1. The van der Waals surface area contributed by atoms with E-state index in [-0.39, 0.29) is 0 Å². The highest BCUT2D eigenvalue weighted by Crippen LogP contribution is 2.22. The van der Waals surface area contributed by atoms with E-state index in [1.54, 1.807) is 0 Å². The van der Waals surface area contributed by atoms with E-state index in [4.69, 9.17) is 0 Å². The lowest BCUT2D eigenvalue weighted by molar-refractivity contribution is -0.130. The number of nitrogens with one attached hydrogen (secondary N) is 1. The maximum absolute atomic E-state index is 12.1. The van der Waals surface area contributed by atoms with Crippen molar-refractivity contribution < 1.29 is 4.79 Å². The zero-order chi connectivity index (χ0) is 12.1. The Balaban J connectivity index is 1.72. The molecule has 2 atom stereocenters. The predicted octanol–water partition coefficient (Wildman–Crippen LogP) is 1.73. The van der Waals surface area contributed by atoms with Crippen LogP contribution in [0.2, 0.25) is 0 Å². The first kappa shape index (κ1) is 13.2. The number of likely N-dealkylation sites (tertiary alicyclic amines) is 1. The first-order chi connectivity index (χ1) is 8.29. The Labute approximate surface area is 109 Å². The summed E-state index contributed by atoms with van der Waals surface area (Å²) in [5.41, 5.74) is 0. The second-order valence-electron chi connectivity index (χ2n) is 5.21. The van der Waals surface area contributed by atoms with E-state index in [1.165, 1.54) is 25.0 Å². The van der Waals surface area contributed by atoms with E-state index in [9.17, 15) is 4.79 Å². The molecule has 1 N–H and O–H groups in total. The molecule has 0 radical (unpaired) electrons. The van der Waals surface area contributed by atoms with Crippen molar-refractivity contribution in [3.63, 3.8) is 0 Å². The number of nitrogens with zero attached hydrogens (tertiary/aromatic N) is 1. The highest BCUT2D eigenvalue weighted by molar-refractivity contribution is 7.99. The van der Waals surface area contributed by atoms with Crippen molar-refractivity contribution >= 4 is 17.7 Å². The molecule has 0 aromatic heterocycles. The van der Waals surface area contributed by atoms with Crippen LogP contribution in [0, 0.1) is 5.92 Å². The second-order valence-corrected chi connectivity index (χ2v) is 6.36. The zero-order valence-electron chi connectivity index (χ0n) is 10.8. The van der Waals surface area contributed by atoms with Crippen LogP contribution in [0.1, 0.15) is 32.6 Å². The van der Waals surface area contributed by atoms with Crippen LogP contribution >= 0.6 is 11.8 Å². The molecule has 0 bridgehead atoms. The van der Waals surface area contributed by atoms with Crippen molar-refractivity contribution in [3.05, 3.63) is 0 Å². The topological polar surface area (TPSA) is 32.3 Å². The van der Waals surface area contributed by atoms with Gasteiger partial charge in [0.2, 0.25) is 5.91 Å². The van der Waals surface area contributed by atoms with E-state index >= 15 is 0 Å². The molecule has 0 aromatic rings. The Morgan fingerprint density at radius 2 is 2.41 bits per heavy atom. The van der Waals surface area contributed by atoms with E-state index in [1.807, 2.05) is 11.8 Å². The summed E-state index contributed by atoms with van der Waals surface area (Å²) >= 11 is 1.96. The lowest BCUT2D eigenvalue weighted by atomic mass is 10.0. The summed E-state index contributed by atoms with van der Waals surface area (Å²) in [6.07, 6.45) is 4.44. The Morgan fingerprint density at radius 3 is 3.12 bits per heavy atom. The van der Waals surface area contributed by atoms with Gasteiger partial charge in [-0.1, -0.05) is 13.3 Å². The molecule has 0 spiro atoms. The molecular formula is C13H24N2OS. The van der Waals surface area contributed by atoms with Gasteiger partial charge in [0.1, 0.15) is 0 Å². The van der Waals surface area contributed by atoms with Crippen LogP contribution in [0.3, 0.4) is 0 Å². The second kappa shape index (κ2) is 6.64. The maximum Gasteiger partial charge on any atom is 0.224 e. The Bertz CT molecular complexity index is 254. The number of thioether (sulfide) groups is 1. The SMILES string of the molecule is CCCC1CCN(C(=O)CC2CSCCN2)C1. The normalized spacial score (nSPS) is 29.6. The van der Waals surface area contributed by atoms with Crippen molar-refractivity contribution in [3.8, 4) is 0 Å². The summed E-state index contributed by atoms with van der Waals surface area (Å²) in [7, 11) is 0. The van der Waals surface area contributed by atoms with Gasteiger partial charge in [0.05, 0.1) is 0 Å². The largest absolute Gasteiger partial charge is 0.342 e. The molecule has 2 fully saturated rings. The van der Waals surface area contributed by atoms with Gasteiger partial charge in [-0.15, -0.1) is 0 Å². The third-order valence-corrected chi connectivity index (χ3v) is 4.89. The minimum Gasteiger partial charge on any atom is -0.342 e. The fraction of sp³-hybridized carbons (Fsp3) is 0.923. The molecule has 2 rings (SSSR count). The summed E-state index contributed by atoms with van der Waals surface area (Å²) in [4.78, 5) is 14.2. The summed E-state index contributed by atoms with van der Waals surface area (Å²) in [6, 6.07) is 0.409. The van der Waals surface area contributed by atoms with Gasteiger partial charge < -0.3 is 10.2 Å². The molecule has 2 aliphatic heterocycles. The quantitative estimate of drug-likeness (QED) is 0.831. The molecule has 2 aliphatic rings. The minimum absolute atomic E-state index is 0.364. The minimum atomic E-state index is 0.364. The number of carbonyl (C=O) groups is 1. The van der Waals surface area contributed by atoms with Crippen molar-refractivity contribution in [1.29, 1.82) is 0 Å². The van der Waals surface area contributed by atoms with Crippen LogP contribution in [-0.4, -0.2) is 48.0 Å². The molecule has 17 heavy (non-hydrogen) atoms. The monoisotopic (exact) mass is 256 g/mol. The molecule has 2 heterocycles. The molecular weight excluding hydrogens is 232 g/mol. The zero-order valence-corrected chi connectivity index (χ0v) is 11.6. The van der Waals surface area contributed by atoms with Crippen LogP contribution in [0.5, 0.6) is 0 Å². The van der Waals surface area contributed by atoms with Crippen LogP contribution in [0.25, 0.3) is 0 Å². The van der Waals surface area contributed by atoms with Crippen molar-refractivity contribution in [2.24, 2.45) is 5.92 Å².